The molecule has 8 heterocycles. The lowest BCUT2D eigenvalue weighted by molar-refractivity contribution is 0.666. The predicted molar refractivity (Wildman–Crippen MR) is 470 cm³/mol. The van der Waals surface area contributed by atoms with E-state index in [1.54, 1.807) is 0 Å². The standard InChI is InChI=1S/C97H104S8/c1-9-14-19-24-29-67-36-44-71(45-37-67)96(70-42-34-64(6)35-43-70)81-60-78-82(59-77(81)94-83(96)58-65(7)99-94)97(72-46-38-68(39-47-72)30-25-20-15-10-2,73-48-40-69(41-49-73)31-26-21-16-11-3)92-80(63-98-95(78)92)93-79(85-55-57-89(104-85)87-53-51-75(102-87)33-28-23-18-13-5)62-91(105-93)90-61-76(66(8)100-90)84-54-56-88(103-84)86-52-50-74(101-86)32-27-22-17-12-4/h34-63H,9-33H2,1-8H3. The van der Waals surface area contributed by atoms with E-state index in [1.165, 1.54) is 303 Å². The zero-order valence-corrected chi connectivity index (χ0v) is 69.8. The molecule has 2 aliphatic carbocycles. The van der Waals surface area contributed by atoms with Crippen LogP contribution in [0.3, 0.4) is 0 Å². The summed E-state index contributed by atoms with van der Waals surface area (Å²) in [4.78, 5) is 20.9. The van der Waals surface area contributed by atoms with Crippen LogP contribution in [-0.2, 0) is 42.9 Å². The van der Waals surface area contributed by atoms with Crippen LogP contribution in [0.25, 0.3) is 81.5 Å². The van der Waals surface area contributed by atoms with Gasteiger partial charge in [-0.2, -0.15) is 0 Å². The van der Waals surface area contributed by atoms with Gasteiger partial charge in [0.25, 0.3) is 0 Å². The number of thiophene rings is 8. The van der Waals surface area contributed by atoms with Crippen LogP contribution >= 0.6 is 90.7 Å². The van der Waals surface area contributed by atoms with Crippen molar-refractivity contribution in [2.45, 2.75) is 227 Å². The van der Waals surface area contributed by atoms with Crippen molar-refractivity contribution in [1.29, 1.82) is 0 Å². The Hall–Kier alpha value is -6.30. The summed E-state index contributed by atoms with van der Waals surface area (Å²) in [5.74, 6) is 0. The van der Waals surface area contributed by atoms with E-state index in [0.717, 1.165) is 25.7 Å². The lowest BCUT2D eigenvalue weighted by atomic mass is 9.65. The van der Waals surface area contributed by atoms with Gasteiger partial charge in [-0.05, 0) is 236 Å². The molecule has 0 fully saturated rings. The summed E-state index contributed by atoms with van der Waals surface area (Å²) in [5, 5.41) is 2.61. The van der Waals surface area contributed by atoms with E-state index in [1.807, 2.05) is 90.7 Å². The number of aryl methyl sites for hydroxylation is 8. The summed E-state index contributed by atoms with van der Waals surface area (Å²) in [6.45, 7) is 18.6. The maximum Gasteiger partial charge on any atom is 0.0728 e. The van der Waals surface area contributed by atoms with E-state index in [9.17, 15) is 0 Å². The summed E-state index contributed by atoms with van der Waals surface area (Å²) < 4.78 is 0. The number of hydrogen-bond acceptors (Lipinski definition) is 8. The molecule has 0 bridgehead atoms. The minimum absolute atomic E-state index is 0.530. The van der Waals surface area contributed by atoms with Crippen LogP contribution in [0.2, 0.25) is 0 Å². The highest BCUT2D eigenvalue weighted by molar-refractivity contribution is 7.27. The third-order valence-electron chi connectivity index (χ3n) is 22.7. The number of rotatable bonds is 35. The Balaban J connectivity index is 0.944. The van der Waals surface area contributed by atoms with Crippen LogP contribution in [0.1, 0.15) is 249 Å². The summed E-state index contributed by atoms with van der Waals surface area (Å²) in [6.07, 6.45) is 31.1. The summed E-state index contributed by atoms with van der Waals surface area (Å²) in [5.41, 5.74) is 22.3. The molecule has 1 atom stereocenters. The minimum Gasteiger partial charge on any atom is -0.143 e. The van der Waals surface area contributed by atoms with Crippen molar-refractivity contribution in [3.05, 3.63) is 268 Å². The largest absolute Gasteiger partial charge is 0.143 e. The highest BCUT2D eigenvalue weighted by Crippen LogP contribution is 2.67. The molecule has 5 aromatic carbocycles. The molecule has 105 heavy (non-hydrogen) atoms. The van der Waals surface area contributed by atoms with Gasteiger partial charge in [-0.15, -0.1) is 90.7 Å². The van der Waals surface area contributed by atoms with Crippen LogP contribution in [0.5, 0.6) is 0 Å². The molecule has 0 amide bonds. The van der Waals surface area contributed by atoms with Crippen molar-refractivity contribution in [2.75, 3.05) is 0 Å². The van der Waals surface area contributed by atoms with E-state index in [-0.39, 0.29) is 0 Å². The Morgan fingerprint density at radius 2 is 0.667 bits per heavy atom. The van der Waals surface area contributed by atoms with Crippen LogP contribution in [-0.4, -0.2) is 0 Å². The molecule has 0 nitrogen and oxygen atoms in total. The number of benzene rings is 5. The van der Waals surface area contributed by atoms with Gasteiger partial charge in [0, 0.05) is 95.2 Å². The Kier molecular flexibility index (Phi) is 23.8. The second-order valence-corrected chi connectivity index (χ2v) is 39.1. The predicted octanol–water partition coefficient (Wildman–Crippen LogP) is 32.4. The Bertz CT molecular complexity index is 4970. The molecule has 1 unspecified atom stereocenters. The van der Waals surface area contributed by atoms with Gasteiger partial charge in [-0.25, -0.2) is 0 Å². The molecule has 2 aliphatic rings. The van der Waals surface area contributed by atoms with Crippen molar-refractivity contribution < 1.29 is 0 Å². The van der Waals surface area contributed by atoms with E-state index in [0.29, 0.717) is 0 Å². The molecule has 8 heteroatoms. The lowest BCUT2D eigenvalue weighted by Crippen LogP contribution is -2.30. The minimum atomic E-state index is -0.661. The topological polar surface area (TPSA) is 0 Å². The van der Waals surface area contributed by atoms with Gasteiger partial charge >= 0.3 is 0 Å². The third-order valence-corrected chi connectivity index (χ3v) is 32.2. The van der Waals surface area contributed by atoms with Gasteiger partial charge in [0.1, 0.15) is 0 Å². The average Bonchev–Trinajstić information content (AvgIpc) is 1.50. The molecular weight excluding hydrogens is 1420 g/mol. The second-order valence-electron chi connectivity index (χ2n) is 30.2. The number of unbranched alkanes of at least 4 members (excludes halogenated alkanes) is 15. The van der Waals surface area contributed by atoms with Crippen molar-refractivity contribution in [1.82, 2.24) is 0 Å². The molecule has 0 saturated carbocycles. The first-order chi connectivity index (χ1) is 51.5. The zero-order chi connectivity index (χ0) is 72.0. The van der Waals surface area contributed by atoms with Crippen molar-refractivity contribution in [2.24, 2.45) is 0 Å². The van der Waals surface area contributed by atoms with E-state index in [4.69, 9.17) is 0 Å². The van der Waals surface area contributed by atoms with E-state index < -0.39 is 10.8 Å². The van der Waals surface area contributed by atoms with Gasteiger partial charge in [-0.3, -0.25) is 0 Å². The highest BCUT2D eigenvalue weighted by atomic mass is 32.1. The fraction of sp³-hybridized carbons (Fsp3) is 0.361. The van der Waals surface area contributed by atoms with Crippen LogP contribution in [0.4, 0.5) is 0 Å². The number of hydrogen-bond donors (Lipinski definition) is 0. The molecule has 540 valence electrons. The lowest BCUT2D eigenvalue weighted by Gasteiger charge is -2.36. The maximum atomic E-state index is 2.76. The molecule has 0 saturated heterocycles. The summed E-state index contributed by atoms with van der Waals surface area (Å²) >= 11 is 16.0. The van der Waals surface area contributed by atoms with Gasteiger partial charge < -0.3 is 0 Å². The summed E-state index contributed by atoms with van der Waals surface area (Å²) in [6, 6.07) is 72.5. The molecule has 0 N–H and O–H groups in total. The highest BCUT2D eigenvalue weighted by Gasteiger charge is 2.54. The van der Waals surface area contributed by atoms with E-state index >= 15 is 0 Å². The fourth-order valence-electron chi connectivity index (χ4n) is 17.1. The number of fused-ring (bicyclic) bond motifs is 6. The van der Waals surface area contributed by atoms with Gasteiger partial charge in [-0.1, -0.05) is 234 Å². The SMILES string of the molecule is CCCCCCc1ccc(C2(c3ccc(C)cc3)c3cc4c(cc3-c3sc(C)cc32)C(c2ccc(CCCCCC)cc2)(c2ccc(CCCCCC)cc2)c2c(-c3sc(-c5cc(-c6ccc(-c7ccc(CCCCCC)s7)s6)c(C)s5)cc3-c3ccc(-c5ccc(CCCCCC)s5)s3)csc2-4)cc1. The summed E-state index contributed by atoms with van der Waals surface area (Å²) in [7, 11) is 0. The second kappa shape index (κ2) is 33.7. The van der Waals surface area contributed by atoms with Crippen LogP contribution in [0, 0.1) is 20.8 Å². The van der Waals surface area contributed by atoms with Crippen LogP contribution < -0.4 is 0 Å². The fourth-order valence-corrected chi connectivity index (χ4v) is 26.2. The molecule has 0 spiro atoms. The van der Waals surface area contributed by atoms with Gasteiger partial charge in [0.2, 0.25) is 0 Å². The van der Waals surface area contributed by atoms with Crippen molar-refractivity contribution in [3.63, 3.8) is 0 Å². The molecule has 8 aromatic heterocycles. The molecule has 15 rings (SSSR count). The zero-order valence-electron chi connectivity index (χ0n) is 63.3. The average molecular weight is 1530 g/mol. The van der Waals surface area contributed by atoms with E-state index in [2.05, 4.69) is 237 Å². The van der Waals surface area contributed by atoms with Gasteiger partial charge in [0.05, 0.1) is 10.8 Å². The first-order valence-electron chi connectivity index (χ1n) is 40.0. The first-order valence-corrected chi connectivity index (χ1v) is 46.5. The Morgan fingerprint density at radius 3 is 1.16 bits per heavy atom. The first kappa shape index (κ1) is 74.2. The smallest absolute Gasteiger partial charge is 0.0728 e. The van der Waals surface area contributed by atoms with Gasteiger partial charge in [0.15, 0.2) is 0 Å². The van der Waals surface area contributed by atoms with Crippen molar-refractivity contribution >= 4 is 90.7 Å². The van der Waals surface area contributed by atoms with Crippen molar-refractivity contribution in [3.8, 4) is 81.5 Å². The molecule has 0 aliphatic heterocycles. The Labute approximate surface area is 660 Å². The third kappa shape index (κ3) is 14.9. The molecule has 0 radical (unpaired) electrons. The normalized spacial score (nSPS) is 14.2. The van der Waals surface area contributed by atoms with Crippen LogP contribution in [0.15, 0.2) is 181 Å². The monoisotopic (exact) mass is 1520 g/mol. The Morgan fingerprint density at radius 1 is 0.267 bits per heavy atom. The molecule has 13 aromatic rings. The quantitative estimate of drug-likeness (QED) is 0.0347. The maximum absolute atomic E-state index is 2.76. The molecular formula is C97H104S8.